The Labute approximate surface area is 117 Å². The minimum absolute atomic E-state index is 0.328. The summed E-state index contributed by atoms with van der Waals surface area (Å²) in [4.78, 5) is 0. The van der Waals surface area contributed by atoms with Gasteiger partial charge in [-0.1, -0.05) is 19.1 Å². The summed E-state index contributed by atoms with van der Waals surface area (Å²) in [5.74, 6) is 0.962. The van der Waals surface area contributed by atoms with Crippen molar-refractivity contribution >= 4 is 0 Å². The zero-order chi connectivity index (χ0) is 13.9. The first-order valence-corrected chi connectivity index (χ1v) is 7.26. The highest BCUT2D eigenvalue weighted by molar-refractivity contribution is 5.28. The van der Waals surface area contributed by atoms with Gasteiger partial charge in [0.15, 0.2) is 0 Å². The van der Waals surface area contributed by atoms with Crippen molar-refractivity contribution in [3.05, 3.63) is 29.8 Å². The van der Waals surface area contributed by atoms with Crippen LogP contribution in [0, 0.1) is 0 Å². The predicted octanol–water partition coefficient (Wildman–Crippen LogP) is 3.03. The molecule has 108 valence electrons. The molecule has 1 rings (SSSR count). The van der Waals surface area contributed by atoms with E-state index in [1.807, 2.05) is 12.1 Å². The smallest absolute Gasteiger partial charge is 0.119 e. The fourth-order valence-corrected chi connectivity index (χ4v) is 1.74. The van der Waals surface area contributed by atoms with Gasteiger partial charge in [-0.2, -0.15) is 0 Å². The van der Waals surface area contributed by atoms with Crippen molar-refractivity contribution in [1.29, 1.82) is 0 Å². The number of hydrogen-bond donors (Lipinski definition) is 1. The number of nitrogens with one attached hydrogen (secondary N) is 1. The van der Waals surface area contributed by atoms with Crippen molar-refractivity contribution in [2.24, 2.45) is 0 Å². The van der Waals surface area contributed by atoms with Gasteiger partial charge in [0.25, 0.3) is 0 Å². The minimum atomic E-state index is 0.328. The lowest BCUT2D eigenvalue weighted by Crippen LogP contribution is -2.23. The summed E-state index contributed by atoms with van der Waals surface area (Å²) < 4.78 is 11.2. The second-order valence-electron chi connectivity index (χ2n) is 4.87. The molecule has 1 N–H and O–H groups in total. The van der Waals surface area contributed by atoms with Crippen molar-refractivity contribution < 1.29 is 9.47 Å². The third-order valence-corrected chi connectivity index (χ3v) is 2.80. The van der Waals surface area contributed by atoms with Crippen LogP contribution in [-0.4, -0.2) is 32.4 Å². The molecule has 0 aromatic heterocycles. The van der Waals surface area contributed by atoms with E-state index in [9.17, 15) is 0 Å². The van der Waals surface area contributed by atoms with Gasteiger partial charge in [0.1, 0.15) is 12.4 Å². The Morgan fingerprint density at radius 2 is 2.00 bits per heavy atom. The molecule has 0 bridgehead atoms. The van der Waals surface area contributed by atoms with Gasteiger partial charge in [-0.3, -0.25) is 0 Å². The van der Waals surface area contributed by atoms with E-state index < -0.39 is 0 Å². The van der Waals surface area contributed by atoms with Crippen LogP contribution in [0.3, 0.4) is 0 Å². The Kier molecular flexibility index (Phi) is 8.26. The number of hydrogen-bond acceptors (Lipinski definition) is 3. The van der Waals surface area contributed by atoms with E-state index in [-0.39, 0.29) is 0 Å². The van der Waals surface area contributed by atoms with Crippen LogP contribution in [-0.2, 0) is 11.2 Å². The van der Waals surface area contributed by atoms with Gasteiger partial charge >= 0.3 is 0 Å². The van der Waals surface area contributed by atoms with Gasteiger partial charge in [-0.15, -0.1) is 0 Å². The van der Waals surface area contributed by atoms with Gasteiger partial charge in [0.05, 0.1) is 6.10 Å². The third-order valence-electron chi connectivity index (χ3n) is 2.80. The summed E-state index contributed by atoms with van der Waals surface area (Å²) in [5, 5.41) is 3.35. The largest absolute Gasteiger partial charge is 0.492 e. The summed E-state index contributed by atoms with van der Waals surface area (Å²) >= 11 is 0. The molecule has 0 aliphatic rings. The van der Waals surface area contributed by atoms with E-state index in [0.717, 1.165) is 38.3 Å². The first kappa shape index (κ1) is 16.0. The maximum Gasteiger partial charge on any atom is 0.119 e. The van der Waals surface area contributed by atoms with Crippen molar-refractivity contribution in [3.63, 3.8) is 0 Å². The van der Waals surface area contributed by atoms with Gasteiger partial charge in [-0.05, 0) is 50.9 Å². The average molecular weight is 265 g/mol. The molecule has 0 heterocycles. The van der Waals surface area contributed by atoms with Crippen LogP contribution in [0.1, 0.15) is 32.8 Å². The summed E-state index contributed by atoms with van der Waals surface area (Å²) in [5.41, 5.74) is 1.32. The molecule has 0 aliphatic carbocycles. The molecule has 19 heavy (non-hydrogen) atoms. The van der Waals surface area contributed by atoms with Crippen LogP contribution >= 0.6 is 0 Å². The first-order chi connectivity index (χ1) is 9.22. The molecule has 0 saturated carbocycles. The molecule has 0 fully saturated rings. The lowest BCUT2D eigenvalue weighted by molar-refractivity contribution is 0.0770. The van der Waals surface area contributed by atoms with E-state index in [1.165, 1.54) is 5.56 Å². The van der Waals surface area contributed by atoms with Gasteiger partial charge in [0, 0.05) is 13.2 Å². The molecule has 1 aromatic rings. The van der Waals surface area contributed by atoms with Crippen LogP contribution in [0.4, 0.5) is 0 Å². The summed E-state index contributed by atoms with van der Waals surface area (Å²) in [6.45, 7) is 9.66. The zero-order valence-electron chi connectivity index (χ0n) is 12.4. The number of rotatable bonds is 10. The normalized spacial score (nSPS) is 10.9. The van der Waals surface area contributed by atoms with Crippen LogP contribution in [0.5, 0.6) is 5.75 Å². The third kappa shape index (κ3) is 7.85. The van der Waals surface area contributed by atoms with Crippen molar-refractivity contribution in [3.8, 4) is 5.75 Å². The van der Waals surface area contributed by atoms with E-state index >= 15 is 0 Å². The lowest BCUT2D eigenvalue weighted by Gasteiger charge is -2.09. The second kappa shape index (κ2) is 9.82. The van der Waals surface area contributed by atoms with Crippen molar-refractivity contribution in [2.45, 2.75) is 39.7 Å². The molecule has 0 aliphatic heterocycles. The van der Waals surface area contributed by atoms with Gasteiger partial charge in [0.2, 0.25) is 0 Å². The molecule has 0 amide bonds. The quantitative estimate of drug-likeness (QED) is 0.660. The average Bonchev–Trinajstić information content (AvgIpc) is 2.41. The molecule has 1 aromatic carbocycles. The highest BCUT2D eigenvalue weighted by Crippen LogP contribution is 2.13. The Morgan fingerprint density at radius 1 is 1.16 bits per heavy atom. The zero-order valence-corrected chi connectivity index (χ0v) is 12.4. The van der Waals surface area contributed by atoms with E-state index in [2.05, 4.69) is 38.2 Å². The molecule has 0 unspecified atom stereocenters. The predicted molar refractivity (Wildman–Crippen MR) is 79.9 cm³/mol. The van der Waals surface area contributed by atoms with Crippen LogP contribution in [0.15, 0.2) is 24.3 Å². The summed E-state index contributed by atoms with van der Waals surface area (Å²) in [7, 11) is 0. The SMILES string of the molecule is CCc1cccc(OCCNCCCOC(C)C)c1. The summed E-state index contributed by atoms with van der Waals surface area (Å²) in [6.07, 6.45) is 2.42. The Hall–Kier alpha value is -1.06. The molecular formula is C16H27NO2. The highest BCUT2D eigenvalue weighted by Gasteiger charge is 1.96. The number of aryl methyl sites for hydroxylation is 1. The molecule has 0 saturated heterocycles. The van der Waals surface area contributed by atoms with Gasteiger partial charge in [-0.25, -0.2) is 0 Å². The van der Waals surface area contributed by atoms with E-state index in [0.29, 0.717) is 12.7 Å². The lowest BCUT2D eigenvalue weighted by atomic mass is 10.2. The van der Waals surface area contributed by atoms with Crippen LogP contribution in [0.2, 0.25) is 0 Å². The van der Waals surface area contributed by atoms with E-state index in [1.54, 1.807) is 0 Å². The minimum Gasteiger partial charge on any atom is -0.492 e. The number of ether oxygens (including phenoxy) is 2. The van der Waals surface area contributed by atoms with Crippen LogP contribution in [0.25, 0.3) is 0 Å². The van der Waals surface area contributed by atoms with Crippen molar-refractivity contribution in [2.75, 3.05) is 26.3 Å². The molecule has 0 atom stereocenters. The Bertz CT molecular complexity index is 339. The molecule has 0 radical (unpaired) electrons. The fourth-order valence-electron chi connectivity index (χ4n) is 1.74. The number of benzene rings is 1. The maximum absolute atomic E-state index is 5.70. The monoisotopic (exact) mass is 265 g/mol. The second-order valence-corrected chi connectivity index (χ2v) is 4.87. The van der Waals surface area contributed by atoms with Crippen LogP contribution < -0.4 is 10.1 Å². The Balaban J connectivity index is 2.01. The van der Waals surface area contributed by atoms with Gasteiger partial charge < -0.3 is 14.8 Å². The first-order valence-electron chi connectivity index (χ1n) is 7.26. The molecular weight excluding hydrogens is 238 g/mol. The highest BCUT2D eigenvalue weighted by atomic mass is 16.5. The standard InChI is InChI=1S/C16H27NO2/c1-4-15-7-5-8-16(13-15)19-12-10-17-9-6-11-18-14(2)3/h5,7-8,13-14,17H,4,6,9-12H2,1-3H3. The Morgan fingerprint density at radius 3 is 2.74 bits per heavy atom. The maximum atomic E-state index is 5.70. The molecule has 3 heteroatoms. The topological polar surface area (TPSA) is 30.5 Å². The fraction of sp³-hybridized carbons (Fsp3) is 0.625. The van der Waals surface area contributed by atoms with Crippen molar-refractivity contribution in [1.82, 2.24) is 5.32 Å². The summed E-state index contributed by atoms with van der Waals surface area (Å²) in [6, 6.07) is 8.29. The molecule has 0 spiro atoms. The molecule has 3 nitrogen and oxygen atoms in total. The van der Waals surface area contributed by atoms with E-state index in [4.69, 9.17) is 9.47 Å².